The molecule has 0 saturated heterocycles. The predicted molar refractivity (Wildman–Crippen MR) is 118 cm³/mol. The standard InChI is InChI=1S/C21H40N6O2/c1-9-10-11-17(14-24-20(28)29-21(4,5)6)25-19(22-7)23-13-12-18-15(2)26-27(8)16(18)3/h17H,9-14H2,1-8H3,(H,24,28)(H2,22,23,25). The Kier molecular flexibility index (Phi) is 9.98. The van der Waals surface area contributed by atoms with Crippen molar-refractivity contribution in [3.8, 4) is 0 Å². The minimum absolute atomic E-state index is 0.0792. The number of carbonyl (C=O) groups excluding carboxylic acids is 1. The van der Waals surface area contributed by atoms with Gasteiger partial charge in [0.1, 0.15) is 5.60 Å². The molecule has 1 aromatic heterocycles. The highest BCUT2D eigenvalue weighted by atomic mass is 16.6. The number of alkyl carbamates (subject to hydrolysis) is 1. The molecule has 0 bridgehead atoms. The van der Waals surface area contributed by atoms with Crippen molar-refractivity contribution in [3.05, 3.63) is 17.0 Å². The normalized spacial score (nSPS) is 13.2. The molecular weight excluding hydrogens is 368 g/mol. The quantitative estimate of drug-likeness (QED) is 0.432. The minimum Gasteiger partial charge on any atom is -0.444 e. The minimum atomic E-state index is -0.503. The SMILES string of the molecule is CCCCC(CNC(=O)OC(C)(C)C)NC(=NC)NCCc1c(C)nn(C)c1C. The van der Waals surface area contributed by atoms with E-state index in [4.69, 9.17) is 4.74 Å². The molecule has 1 amide bonds. The van der Waals surface area contributed by atoms with E-state index < -0.39 is 11.7 Å². The number of amides is 1. The van der Waals surface area contributed by atoms with Gasteiger partial charge in [-0.1, -0.05) is 19.8 Å². The van der Waals surface area contributed by atoms with Gasteiger partial charge in [-0.25, -0.2) is 4.79 Å². The van der Waals surface area contributed by atoms with Crippen molar-refractivity contribution >= 4 is 12.1 Å². The van der Waals surface area contributed by atoms with Crippen molar-refractivity contribution in [1.29, 1.82) is 0 Å². The number of nitrogens with one attached hydrogen (secondary N) is 3. The molecule has 166 valence electrons. The zero-order chi connectivity index (χ0) is 22.0. The number of rotatable bonds is 9. The van der Waals surface area contributed by atoms with Gasteiger partial charge in [0.2, 0.25) is 0 Å². The van der Waals surface area contributed by atoms with Gasteiger partial charge in [-0.15, -0.1) is 0 Å². The van der Waals surface area contributed by atoms with Crippen LogP contribution in [0.15, 0.2) is 4.99 Å². The van der Waals surface area contributed by atoms with Gasteiger partial charge in [0.05, 0.1) is 5.69 Å². The van der Waals surface area contributed by atoms with Crippen molar-refractivity contribution < 1.29 is 9.53 Å². The van der Waals surface area contributed by atoms with Crippen molar-refractivity contribution in [2.45, 2.75) is 78.9 Å². The summed E-state index contributed by atoms with van der Waals surface area (Å²) < 4.78 is 7.25. The van der Waals surface area contributed by atoms with Gasteiger partial charge in [-0.05, 0) is 53.0 Å². The molecule has 1 unspecified atom stereocenters. The van der Waals surface area contributed by atoms with Crippen LogP contribution in [0.3, 0.4) is 0 Å². The summed E-state index contributed by atoms with van der Waals surface area (Å²) in [5.41, 5.74) is 3.02. The summed E-state index contributed by atoms with van der Waals surface area (Å²) in [6, 6.07) is 0.0792. The van der Waals surface area contributed by atoms with E-state index in [-0.39, 0.29) is 6.04 Å². The number of unbranched alkanes of at least 4 members (excludes halogenated alkanes) is 1. The summed E-state index contributed by atoms with van der Waals surface area (Å²) in [6.07, 6.45) is 3.58. The molecule has 1 rings (SSSR count). The molecule has 0 radical (unpaired) electrons. The molecule has 1 aromatic rings. The van der Waals surface area contributed by atoms with E-state index in [0.29, 0.717) is 6.54 Å². The second-order valence-corrected chi connectivity index (χ2v) is 8.39. The first-order valence-corrected chi connectivity index (χ1v) is 10.5. The summed E-state index contributed by atoms with van der Waals surface area (Å²) in [5, 5.41) is 14.1. The van der Waals surface area contributed by atoms with Gasteiger partial charge in [0, 0.05) is 38.9 Å². The number of hydrogen-bond donors (Lipinski definition) is 3. The van der Waals surface area contributed by atoms with Crippen LogP contribution in [0.25, 0.3) is 0 Å². The third-order valence-electron chi connectivity index (χ3n) is 4.69. The van der Waals surface area contributed by atoms with Crippen molar-refractivity contribution in [3.63, 3.8) is 0 Å². The Labute approximate surface area is 175 Å². The van der Waals surface area contributed by atoms with Gasteiger partial charge in [-0.3, -0.25) is 9.67 Å². The molecule has 0 aliphatic rings. The molecule has 0 aromatic carbocycles. The summed E-state index contributed by atoms with van der Waals surface area (Å²) in [4.78, 5) is 16.3. The molecular formula is C21H40N6O2. The average Bonchev–Trinajstić information content (AvgIpc) is 2.87. The molecule has 0 aliphatic heterocycles. The molecule has 0 saturated carbocycles. The van der Waals surface area contributed by atoms with Gasteiger partial charge in [-0.2, -0.15) is 5.10 Å². The third kappa shape index (κ3) is 9.19. The van der Waals surface area contributed by atoms with Crippen LogP contribution in [0.5, 0.6) is 0 Å². The molecule has 8 heteroatoms. The topological polar surface area (TPSA) is 92.6 Å². The molecule has 3 N–H and O–H groups in total. The first kappa shape index (κ1) is 24.8. The highest BCUT2D eigenvalue weighted by molar-refractivity contribution is 5.80. The lowest BCUT2D eigenvalue weighted by molar-refractivity contribution is 0.0523. The smallest absolute Gasteiger partial charge is 0.407 e. The zero-order valence-corrected chi connectivity index (χ0v) is 19.5. The Morgan fingerprint density at radius 1 is 1.28 bits per heavy atom. The number of carbonyl (C=O) groups is 1. The number of aryl methyl sites for hydroxylation is 2. The maximum atomic E-state index is 12.0. The van der Waals surface area contributed by atoms with Crippen LogP contribution in [-0.4, -0.2) is 53.6 Å². The van der Waals surface area contributed by atoms with Gasteiger partial charge in [0.15, 0.2) is 5.96 Å². The molecule has 1 atom stereocenters. The first-order chi connectivity index (χ1) is 13.6. The summed E-state index contributed by atoms with van der Waals surface area (Å²) in [6.45, 7) is 13.1. The Hall–Kier alpha value is -2.25. The first-order valence-electron chi connectivity index (χ1n) is 10.5. The van der Waals surface area contributed by atoms with E-state index in [0.717, 1.165) is 43.9 Å². The average molecular weight is 409 g/mol. The fraction of sp³-hybridized carbons (Fsp3) is 0.762. The molecule has 1 heterocycles. The van der Waals surface area contributed by atoms with Crippen LogP contribution in [0, 0.1) is 13.8 Å². The summed E-state index contributed by atoms with van der Waals surface area (Å²) in [7, 11) is 3.73. The van der Waals surface area contributed by atoms with Crippen molar-refractivity contribution in [1.82, 2.24) is 25.7 Å². The molecule has 0 spiro atoms. The maximum absolute atomic E-state index is 12.0. The molecule has 0 fully saturated rings. The Bertz CT molecular complexity index is 675. The lowest BCUT2D eigenvalue weighted by Gasteiger charge is -2.24. The number of guanidine groups is 1. The number of nitrogens with zero attached hydrogens (tertiary/aromatic N) is 3. The van der Waals surface area contributed by atoms with Crippen molar-refractivity contribution in [2.75, 3.05) is 20.1 Å². The van der Waals surface area contributed by atoms with Crippen molar-refractivity contribution in [2.24, 2.45) is 12.0 Å². The van der Waals surface area contributed by atoms with E-state index in [1.165, 1.54) is 11.3 Å². The van der Waals surface area contributed by atoms with E-state index in [1.54, 1.807) is 7.05 Å². The number of hydrogen-bond acceptors (Lipinski definition) is 4. The maximum Gasteiger partial charge on any atom is 0.407 e. The zero-order valence-electron chi connectivity index (χ0n) is 19.5. The van der Waals surface area contributed by atoms with E-state index in [9.17, 15) is 4.79 Å². The molecule has 0 aliphatic carbocycles. The second kappa shape index (κ2) is 11.7. The Balaban J connectivity index is 2.57. The molecule has 8 nitrogen and oxygen atoms in total. The predicted octanol–water partition coefficient (Wildman–Crippen LogP) is 2.83. The van der Waals surface area contributed by atoms with Crippen LogP contribution in [0.1, 0.15) is 63.9 Å². The van der Waals surface area contributed by atoms with Gasteiger partial charge < -0.3 is 20.7 Å². The fourth-order valence-electron chi connectivity index (χ4n) is 3.07. The summed E-state index contributed by atoms with van der Waals surface area (Å²) >= 11 is 0. The van der Waals surface area contributed by atoms with Crippen LogP contribution in [-0.2, 0) is 18.2 Å². The Morgan fingerprint density at radius 3 is 2.48 bits per heavy atom. The lowest BCUT2D eigenvalue weighted by Crippen LogP contribution is -2.49. The van der Waals surface area contributed by atoms with Gasteiger partial charge >= 0.3 is 6.09 Å². The third-order valence-corrected chi connectivity index (χ3v) is 4.69. The Morgan fingerprint density at radius 2 is 1.97 bits per heavy atom. The molecule has 29 heavy (non-hydrogen) atoms. The van der Waals surface area contributed by atoms with E-state index in [1.807, 2.05) is 39.4 Å². The van der Waals surface area contributed by atoms with E-state index >= 15 is 0 Å². The number of aromatic nitrogens is 2. The number of ether oxygens (including phenoxy) is 1. The second-order valence-electron chi connectivity index (χ2n) is 8.39. The highest BCUT2D eigenvalue weighted by Crippen LogP contribution is 2.12. The largest absolute Gasteiger partial charge is 0.444 e. The monoisotopic (exact) mass is 408 g/mol. The number of aliphatic imine (C=N–C) groups is 1. The van der Waals surface area contributed by atoms with E-state index in [2.05, 4.69) is 39.9 Å². The van der Waals surface area contributed by atoms with Crippen LogP contribution in [0.2, 0.25) is 0 Å². The van der Waals surface area contributed by atoms with Crippen LogP contribution >= 0.6 is 0 Å². The van der Waals surface area contributed by atoms with Gasteiger partial charge in [0.25, 0.3) is 0 Å². The van der Waals surface area contributed by atoms with Crippen LogP contribution < -0.4 is 16.0 Å². The highest BCUT2D eigenvalue weighted by Gasteiger charge is 2.18. The van der Waals surface area contributed by atoms with Crippen LogP contribution in [0.4, 0.5) is 4.79 Å². The lowest BCUT2D eigenvalue weighted by atomic mass is 10.1. The summed E-state index contributed by atoms with van der Waals surface area (Å²) in [5.74, 6) is 0.733. The fourth-order valence-corrected chi connectivity index (χ4v) is 3.07.